The Morgan fingerprint density at radius 3 is 2.25 bits per heavy atom. The maximum atomic E-state index is 10.3. The highest BCUT2D eigenvalue weighted by atomic mass is 32.3. The van der Waals surface area contributed by atoms with E-state index in [9.17, 15) is 8.42 Å². The van der Waals surface area contributed by atoms with Gasteiger partial charge in [-0.05, 0) is 18.4 Å². The van der Waals surface area contributed by atoms with Crippen LogP contribution in [0.15, 0.2) is 21.7 Å². The lowest BCUT2D eigenvalue weighted by atomic mass is 10.7. The maximum Gasteiger partial charge on any atom is 0.304 e. The Morgan fingerprint density at radius 1 is 1.58 bits per heavy atom. The summed E-state index contributed by atoms with van der Waals surface area (Å²) in [6.45, 7) is 1.44. The van der Waals surface area contributed by atoms with Gasteiger partial charge in [-0.1, -0.05) is 6.07 Å². The summed E-state index contributed by atoms with van der Waals surface area (Å²) in [6.07, 6.45) is 0.750. The summed E-state index contributed by atoms with van der Waals surface area (Å²) >= 11 is 0.992. The lowest BCUT2D eigenvalue weighted by Gasteiger charge is -1.84. The summed E-state index contributed by atoms with van der Waals surface area (Å²) < 4.78 is 28.9. The van der Waals surface area contributed by atoms with Crippen molar-refractivity contribution in [1.29, 1.82) is 0 Å². The molecule has 1 aromatic heterocycles. The van der Waals surface area contributed by atoms with Gasteiger partial charge in [-0.2, -0.15) is 8.42 Å². The van der Waals surface area contributed by atoms with E-state index in [1.165, 1.54) is 13.0 Å². The van der Waals surface area contributed by atoms with Gasteiger partial charge in [0.25, 0.3) is 0 Å². The first-order valence-electron chi connectivity index (χ1n) is 2.93. The third-order valence-electron chi connectivity index (χ3n) is 0.749. The molecule has 1 heterocycles. The van der Waals surface area contributed by atoms with Crippen LogP contribution in [0.4, 0.5) is 0 Å². The quantitative estimate of drug-likeness (QED) is 0.556. The van der Waals surface area contributed by atoms with E-state index in [4.69, 9.17) is 9.35 Å². The van der Waals surface area contributed by atoms with Crippen LogP contribution in [-0.4, -0.2) is 19.3 Å². The van der Waals surface area contributed by atoms with Gasteiger partial charge < -0.3 is 4.79 Å². The smallest absolute Gasteiger partial charge is 0.304 e. The number of hydrogen-bond donors (Lipinski definition) is 1. The highest BCUT2D eigenvalue weighted by Crippen LogP contribution is 2.14. The second kappa shape index (κ2) is 5.02. The van der Waals surface area contributed by atoms with Crippen LogP contribution in [0.5, 0.6) is 0 Å². The summed E-state index contributed by atoms with van der Waals surface area (Å²) in [5.74, 6) is 0. The van der Waals surface area contributed by atoms with Crippen molar-refractivity contribution >= 4 is 27.7 Å². The van der Waals surface area contributed by atoms with Crippen LogP contribution >= 0.6 is 11.3 Å². The molecule has 6 heteroatoms. The van der Waals surface area contributed by atoms with Crippen LogP contribution < -0.4 is 0 Å². The zero-order valence-corrected chi connectivity index (χ0v) is 7.93. The van der Waals surface area contributed by atoms with Crippen molar-refractivity contribution in [2.24, 2.45) is 0 Å². The van der Waals surface area contributed by atoms with Gasteiger partial charge in [-0.15, -0.1) is 11.3 Å². The van der Waals surface area contributed by atoms with Crippen molar-refractivity contribution < 1.29 is 17.8 Å². The van der Waals surface area contributed by atoms with E-state index in [0.717, 1.165) is 17.6 Å². The lowest BCUT2D eigenvalue weighted by Crippen LogP contribution is -1.92. The second-order valence-electron chi connectivity index (χ2n) is 1.64. The first-order valence-corrected chi connectivity index (χ1v) is 5.25. The van der Waals surface area contributed by atoms with E-state index in [1.54, 1.807) is 11.4 Å². The summed E-state index contributed by atoms with van der Waals surface area (Å²) in [6, 6.07) is 2.91. The number of rotatable bonds is 1. The molecule has 0 atom stereocenters. The largest absolute Gasteiger partial charge is 0.304 e. The Morgan fingerprint density at radius 2 is 2.08 bits per heavy atom. The summed E-state index contributed by atoms with van der Waals surface area (Å²) in [7, 11) is -3.94. The Kier molecular flexibility index (Phi) is 4.72. The van der Waals surface area contributed by atoms with E-state index < -0.39 is 10.1 Å². The number of carbonyl (C=O) groups is 1. The minimum atomic E-state index is -3.94. The van der Waals surface area contributed by atoms with Gasteiger partial charge in [0.05, 0.1) is 0 Å². The second-order valence-corrected chi connectivity index (χ2v) is 4.24. The summed E-state index contributed by atoms with van der Waals surface area (Å²) in [5, 5.41) is 1.59. The molecule has 0 saturated carbocycles. The van der Waals surface area contributed by atoms with E-state index in [0.29, 0.717) is 0 Å². The Balaban J connectivity index is 0.000000354. The van der Waals surface area contributed by atoms with Crippen molar-refractivity contribution in [3.8, 4) is 0 Å². The molecule has 4 nitrogen and oxygen atoms in total. The topological polar surface area (TPSA) is 71.4 Å². The van der Waals surface area contributed by atoms with Crippen molar-refractivity contribution in [2.45, 2.75) is 11.1 Å². The molecule has 0 bridgehead atoms. The van der Waals surface area contributed by atoms with Crippen LogP contribution in [0.2, 0.25) is 0 Å². The zero-order chi connectivity index (χ0) is 9.61. The van der Waals surface area contributed by atoms with Gasteiger partial charge in [-0.3, -0.25) is 4.55 Å². The van der Waals surface area contributed by atoms with Crippen LogP contribution in [0, 0.1) is 0 Å². The molecule has 0 radical (unpaired) electrons. The molecule has 0 aliphatic carbocycles. The minimum absolute atomic E-state index is 0.0116. The average molecular weight is 208 g/mol. The van der Waals surface area contributed by atoms with E-state index in [2.05, 4.69) is 0 Å². The molecular weight excluding hydrogens is 200 g/mol. The summed E-state index contributed by atoms with van der Waals surface area (Å²) in [5.41, 5.74) is 0. The van der Waals surface area contributed by atoms with Crippen LogP contribution in [0.1, 0.15) is 6.92 Å². The number of hydrogen-bond acceptors (Lipinski definition) is 4. The standard InChI is InChI=1S/C4H4O3S2.C2H4O/c5-9(6,7)4-2-1-3-8-4;1-2-3/h1-3H,(H,5,6,7);2H,1H3. The highest BCUT2D eigenvalue weighted by Gasteiger charge is 2.08. The lowest BCUT2D eigenvalue weighted by molar-refractivity contribution is -0.106. The van der Waals surface area contributed by atoms with Gasteiger partial charge in [0.15, 0.2) is 0 Å². The maximum absolute atomic E-state index is 10.3. The van der Waals surface area contributed by atoms with Gasteiger partial charge in [0.2, 0.25) is 0 Å². The Hall–Kier alpha value is -0.720. The van der Waals surface area contributed by atoms with Crippen LogP contribution in [0.3, 0.4) is 0 Å². The minimum Gasteiger partial charge on any atom is -0.304 e. The Labute approximate surface area is 74.6 Å². The van der Waals surface area contributed by atoms with Crippen molar-refractivity contribution in [1.82, 2.24) is 0 Å². The van der Waals surface area contributed by atoms with Crippen molar-refractivity contribution in [2.75, 3.05) is 0 Å². The molecule has 0 amide bonds. The first-order chi connectivity index (χ1) is 5.52. The molecule has 0 aliphatic heterocycles. The third-order valence-corrected chi connectivity index (χ3v) is 2.98. The molecule has 0 aromatic carbocycles. The fourth-order valence-electron chi connectivity index (χ4n) is 0.410. The molecule has 0 fully saturated rings. The molecular formula is C6H8O4S2. The molecule has 1 aromatic rings. The predicted octanol–water partition coefficient (Wildman–Crippen LogP) is 1.20. The molecule has 1 N–H and O–H groups in total. The predicted molar refractivity (Wildman–Crippen MR) is 45.9 cm³/mol. The fraction of sp³-hybridized carbons (Fsp3) is 0.167. The van der Waals surface area contributed by atoms with Gasteiger partial charge in [0.1, 0.15) is 10.5 Å². The monoisotopic (exact) mass is 208 g/mol. The molecule has 68 valence electrons. The Bertz CT molecular complexity index is 311. The van der Waals surface area contributed by atoms with Crippen molar-refractivity contribution in [3.63, 3.8) is 0 Å². The van der Waals surface area contributed by atoms with E-state index in [-0.39, 0.29) is 4.21 Å². The zero-order valence-electron chi connectivity index (χ0n) is 6.30. The number of aldehydes is 1. The van der Waals surface area contributed by atoms with Crippen LogP contribution in [0.25, 0.3) is 0 Å². The van der Waals surface area contributed by atoms with Gasteiger partial charge >= 0.3 is 10.1 Å². The molecule has 0 unspecified atom stereocenters. The summed E-state index contributed by atoms with van der Waals surface area (Å²) in [4.78, 5) is 8.81. The molecule has 1 rings (SSSR count). The van der Waals surface area contributed by atoms with E-state index >= 15 is 0 Å². The van der Waals surface area contributed by atoms with Crippen LogP contribution in [-0.2, 0) is 14.9 Å². The molecule has 0 aliphatic rings. The third kappa shape index (κ3) is 4.22. The molecule has 0 saturated heterocycles. The number of thiophene rings is 1. The normalized spacial score (nSPS) is 9.83. The fourth-order valence-corrected chi connectivity index (χ4v) is 1.76. The van der Waals surface area contributed by atoms with Crippen molar-refractivity contribution in [3.05, 3.63) is 17.5 Å². The number of carbonyl (C=O) groups excluding carboxylic acids is 1. The highest BCUT2D eigenvalue weighted by molar-refractivity contribution is 7.88. The molecule has 12 heavy (non-hydrogen) atoms. The molecule has 0 spiro atoms. The van der Waals surface area contributed by atoms with E-state index in [1.807, 2.05) is 0 Å². The van der Waals surface area contributed by atoms with Gasteiger partial charge in [-0.25, -0.2) is 0 Å². The first kappa shape index (κ1) is 11.3. The average Bonchev–Trinajstić information content (AvgIpc) is 2.36. The van der Waals surface area contributed by atoms with Gasteiger partial charge in [0, 0.05) is 0 Å². The SMILES string of the molecule is CC=O.O=S(=O)(O)c1cccs1.